The van der Waals surface area contributed by atoms with E-state index in [-0.39, 0.29) is 14.9 Å². The van der Waals surface area contributed by atoms with Gasteiger partial charge in [-0.25, -0.2) is 0 Å². The van der Waals surface area contributed by atoms with Crippen LogP contribution >= 0.6 is 31.9 Å². The van der Waals surface area contributed by atoms with Crippen molar-refractivity contribution in [3.8, 4) is 0 Å². The molecule has 13 heavy (non-hydrogen) atoms. The van der Waals surface area contributed by atoms with Crippen LogP contribution in [0.1, 0.15) is 32.6 Å². The summed E-state index contributed by atoms with van der Waals surface area (Å²) >= 11 is 7.09. The van der Waals surface area contributed by atoms with Crippen LogP contribution in [-0.4, -0.2) is 14.9 Å². The number of Topliss-reactive ketones (excluding diaryl/α,β-unsaturated/α-hetero) is 1. The Morgan fingerprint density at radius 1 is 1.69 bits per heavy atom. The Morgan fingerprint density at radius 3 is 2.69 bits per heavy atom. The lowest BCUT2D eigenvalue weighted by atomic mass is 9.97. The Balaban J connectivity index is 2.75. The number of halogens is 2. The molecule has 0 N–H and O–H groups in total. The van der Waals surface area contributed by atoms with Crippen molar-refractivity contribution in [2.45, 2.75) is 41.8 Å². The molecule has 2 unspecified atom stereocenters. The second kappa shape index (κ2) is 4.26. The lowest BCUT2D eigenvalue weighted by Crippen LogP contribution is -2.30. The van der Waals surface area contributed by atoms with Gasteiger partial charge in [-0.3, -0.25) is 4.79 Å². The number of unbranched alkanes of at least 4 members (excludes halogenated alkanes) is 1. The van der Waals surface area contributed by atoms with Crippen LogP contribution in [0.5, 0.6) is 0 Å². The first-order valence-corrected chi connectivity index (χ1v) is 6.27. The normalized spacial score (nSPS) is 34.2. The quantitative estimate of drug-likeness (QED) is 0.575. The van der Waals surface area contributed by atoms with E-state index in [0.29, 0.717) is 6.42 Å². The van der Waals surface area contributed by atoms with E-state index in [1.165, 1.54) is 0 Å². The van der Waals surface area contributed by atoms with E-state index in [2.05, 4.69) is 45.4 Å². The molecule has 0 amide bonds. The molecule has 1 nitrogen and oxygen atoms in total. The molecule has 0 saturated heterocycles. The molecular formula is C10H14Br2O. The minimum absolute atomic E-state index is 0.0842. The van der Waals surface area contributed by atoms with Crippen LogP contribution < -0.4 is 0 Å². The monoisotopic (exact) mass is 308 g/mol. The fourth-order valence-corrected chi connectivity index (χ4v) is 3.01. The van der Waals surface area contributed by atoms with Crippen molar-refractivity contribution in [2.75, 3.05) is 0 Å². The Kier molecular flexibility index (Phi) is 3.75. The fraction of sp³-hybridized carbons (Fsp3) is 0.700. The maximum atomic E-state index is 11.4. The lowest BCUT2D eigenvalue weighted by Gasteiger charge is -2.25. The van der Waals surface area contributed by atoms with Crippen LogP contribution in [0.25, 0.3) is 0 Å². The van der Waals surface area contributed by atoms with Crippen molar-refractivity contribution in [3.05, 3.63) is 12.2 Å². The first-order chi connectivity index (χ1) is 6.02. The van der Waals surface area contributed by atoms with Crippen molar-refractivity contribution >= 4 is 37.6 Å². The predicted octanol–water partition coefficient (Wildman–Crippen LogP) is 3.60. The summed E-state index contributed by atoms with van der Waals surface area (Å²) in [4.78, 5) is 11.3. The van der Waals surface area contributed by atoms with E-state index in [1.54, 1.807) is 0 Å². The Hall–Kier alpha value is 0.370. The van der Waals surface area contributed by atoms with Gasteiger partial charge >= 0.3 is 0 Å². The molecule has 1 aliphatic carbocycles. The highest BCUT2D eigenvalue weighted by Crippen LogP contribution is 2.46. The van der Waals surface area contributed by atoms with Crippen molar-refractivity contribution in [1.82, 2.24) is 0 Å². The van der Waals surface area contributed by atoms with Gasteiger partial charge in [-0.05, 0) is 6.42 Å². The molecule has 3 heteroatoms. The molecular weight excluding hydrogens is 296 g/mol. The van der Waals surface area contributed by atoms with Crippen molar-refractivity contribution in [2.24, 2.45) is 0 Å². The minimum Gasteiger partial charge on any atom is -0.298 e. The highest BCUT2D eigenvalue weighted by Gasteiger charge is 2.47. The molecule has 0 aromatic rings. The number of carbonyl (C=O) groups is 1. The first-order valence-electron chi connectivity index (χ1n) is 4.56. The molecule has 1 saturated carbocycles. The number of ketones is 1. The predicted molar refractivity (Wildman–Crippen MR) is 62.7 cm³/mol. The maximum Gasteiger partial charge on any atom is 0.152 e. The third-order valence-corrected chi connectivity index (χ3v) is 5.88. The number of hydrogen-bond donors (Lipinski definition) is 0. The minimum atomic E-state index is -0.180. The van der Waals surface area contributed by atoms with Gasteiger partial charge < -0.3 is 0 Å². The molecule has 0 radical (unpaired) electrons. The van der Waals surface area contributed by atoms with Gasteiger partial charge in [-0.1, -0.05) is 63.8 Å². The first kappa shape index (κ1) is 11.4. The molecule has 1 aliphatic rings. The maximum absolute atomic E-state index is 11.4. The van der Waals surface area contributed by atoms with Crippen LogP contribution in [-0.2, 0) is 4.79 Å². The zero-order chi connectivity index (χ0) is 10.1. The average molecular weight is 310 g/mol. The van der Waals surface area contributed by atoms with Gasteiger partial charge in [0.1, 0.15) is 0 Å². The second-order valence-electron chi connectivity index (χ2n) is 3.58. The number of carbonyl (C=O) groups excluding carboxylic acids is 1. The van der Waals surface area contributed by atoms with E-state index in [1.807, 2.05) is 0 Å². The molecule has 1 rings (SSSR count). The summed E-state index contributed by atoms with van der Waals surface area (Å²) < 4.78 is -0.180. The zero-order valence-corrected chi connectivity index (χ0v) is 10.9. The summed E-state index contributed by atoms with van der Waals surface area (Å²) in [7, 11) is 0. The largest absolute Gasteiger partial charge is 0.298 e. The molecule has 0 aliphatic heterocycles. The third-order valence-electron chi connectivity index (χ3n) is 2.55. The van der Waals surface area contributed by atoms with Crippen molar-refractivity contribution < 1.29 is 4.79 Å². The molecule has 0 spiro atoms. The van der Waals surface area contributed by atoms with Crippen LogP contribution in [0.4, 0.5) is 0 Å². The lowest BCUT2D eigenvalue weighted by molar-refractivity contribution is -0.116. The standard InChI is InChI=1S/C10H14Br2O/c1-3-4-5-10(12)7(2)6-8(13)9(10)11/h9H,2-6H2,1H3. The number of rotatable bonds is 3. The summed E-state index contributed by atoms with van der Waals surface area (Å²) in [6, 6.07) is 0. The molecule has 0 bridgehead atoms. The number of hydrogen-bond acceptors (Lipinski definition) is 1. The van der Waals surface area contributed by atoms with E-state index in [4.69, 9.17) is 0 Å². The van der Waals surface area contributed by atoms with E-state index >= 15 is 0 Å². The summed E-state index contributed by atoms with van der Waals surface area (Å²) in [5, 5.41) is 0. The van der Waals surface area contributed by atoms with Crippen molar-refractivity contribution in [3.63, 3.8) is 0 Å². The zero-order valence-electron chi connectivity index (χ0n) is 7.78. The van der Waals surface area contributed by atoms with Crippen LogP contribution in [0, 0.1) is 0 Å². The SMILES string of the molecule is C=C1CC(=O)C(Br)C1(Br)CCCC. The third kappa shape index (κ3) is 2.07. The Morgan fingerprint density at radius 2 is 2.31 bits per heavy atom. The summed E-state index contributed by atoms with van der Waals surface area (Å²) in [6.45, 7) is 6.12. The van der Waals surface area contributed by atoms with E-state index in [0.717, 1.165) is 24.8 Å². The van der Waals surface area contributed by atoms with Gasteiger partial charge in [0.05, 0.1) is 9.15 Å². The van der Waals surface area contributed by atoms with Gasteiger partial charge in [-0.2, -0.15) is 0 Å². The summed E-state index contributed by atoms with van der Waals surface area (Å²) in [6.07, 6.45) is 3.78. The highest BCUT2D eigenvalue weighted by atomic mass is 79.9. The summed E-state index contributed by atoms with van der Waals surface area (Å²) in [5.74, 6) is 0.248. The number of alkyl halides is 2. The van der Waals surface area contributed by atoms with Gasteiger partial charge in [-0.15, -0.1) is 0 Å². The van der Waals surface area contributed by atoms with E-state index in [9.17, 15) is 4.79 Å². The molecule has 0 aromatic heterocycles. The van der Waals surface area contributed by atoms with Crippen LogP contribution in [0.15, 0.2) is 12.2 Å². The average Bonchev–Trinajstić information content (AvgIpc) is 2.28. The highest BCUT2D eigenvalue weighted by molar-refractivity contribution is 9.13. The smallest absolute Gasteiger partial charge is 0.152 e. The molecule has 0 heterocycles. The topological polar surface area (TPSA) is 17.1 Å². The molecule has 0 aromatic carbocycles. The Labute approximate surface area is 96.2 Å². The van der Waals surface area contributed by atoms with Gasteiger partial charge in [0, 0.05) is 6.42 Å². The van der Waals surface area contributed by atoms with Gasteiger partial charge in [0.2, 0.25) is 0 Å². The van der Waals surface area contributed by atoms with Gasteiger partial charge in [0.15, 0.2) is 5.78 Å². The molecule has 1 fully saturated rings. The molecule has 2 atom stereocenters. The summed E-state index contributed by atoms with van der Waals surface area (Å²) in [5.41, 5.74) is 1.02. The van der Waals surface area contributed by atoms with Crippen LogP contribution in [0.3, 0.4) is 0 Å². The van der Waals surface area contributed by atoms with E-state index < -0.39 is 0 Å². The fourth-order valence-electron chi connectivity index (χ4n) is 1.62. The Bertz CT molecular complexity index is 237. The van der Waals surface area contributed by atoms with Crippen LogP contribution in [0.2, 0.25) is 0 Å². The van der Waals surface area contributed by atoms with Crippen molar-refractivity contribution in [1.29, 1.82) is 0 Å². The molecule has 74 valence electrons. The van der Waals surface area contributed by atoms with Gasteiger partial charge in [0.25, 0.3) is 0 Å². The number of allylic oxidation sites excluding steroid dienone is 1. The second-order valence-corrected chi connectivity index (χ2v) is 5.91.